The Morgan fingerprint density at radius 3 is 2.72 bits per heavy atom. The molecule has 0 radical (unpaired) electrons. The number of aromatic nitrogens is 3. The zero-order valence-electron chi connectivity index (χ0n) is 10.5. The van der Waals surface area contributed by atoms with Gasteiger partial charge in [0.2, 0.25) is 5.91 Å². The molecule has 1 aliphatic heterocycles. The van der Waals surface area contributed by atoms with Crippen molar-refractivity contribution in [3.63, 3.8) is 0 Å². The van der Waals surface area contributed by atoms with Gasteiger partial charge in [-0.05, 0) is 13.8 Å². The van der Waals surface area contributed by atoms with Gasteiger partial charge in [0, 0.05) is 20.1 Å². The molecule has 0 bridgehead atoms. The van der Waals surface area contributed by atoms with Gasteiger partial charge in [0.05, 0.1) is 5.25 Å². The monoisotopic (exact) mass is 269 g/mol. The smallest absolute Gasteiger partial charge is 0.324 e. The lowest BCUT2D eigenvalue weighted by Gasteiger charge is -2.16. The van der Waals surface area contributed by atoms with Crippen LogP contribution in [0.1, 0.15) is 12.7 Å². The molecule has 1 aromatic rings. The molecule has 0 saturated carbocycles. The first-order chi connectivity index (χ1) is 8.50. The summed E-state index contributed by atoms with van der Waals surface area (Å²) in [5.41, 5.74) is 0. The number of carbonyl (C=O) groups excluding carboxylic acids is 2. The minimum Gasteiger partial charge on any atom is -0.336 e. The van der Waals surface area contributed by atoms with E-state index >= 15 is 0 Å². The van der Waals surface area contributed by atoms with E-state index in [1.165, 1.54) is 16.7 Å². The van der Waals surface area contributed by atoms with Crippen LogP contribution in [0, 0.1) is 6.92 Å². The molecule has 2 rings (SSSR count). The van der Waals surface area contributed by atoms with Crippen LogP contribution in [0.5, 0.6) is 0 Å². The van der Waals surface area contributed by atoms with Gasteiger partial charge in [0.1, 0.15) is 5.82 Å². The SMILES string of the molecule is Cc1nnc(S[C@H](C)C(=O)N2CCNC2=O)n1C. The molecule has 98 valence electrons. The van der Waals surface area contributed by atoms with E-state index < -0.39 is 0 Å². The summed E-state index contributed by atoms with van der Waals surface area (Å²) < 4.78 is 1.82. The molecule has 1 atom stereocenters. The number of amides is 3. The maximum atomic E-state index is 12.1. The van der Waals surface area contributed by atoms with Gasteiger partial charge in [-0.25, -0.2) is 4.79 Å². The van der Waals surface area contributed by atoms with E-state index in [0.717, 1.165) is 5.82 Å². The van der Waals surface area contributed by atoms with E-state index in [4.69, 9.17) is 0 Å². The Labute approximate surface area is 109 Å². The first-order valence-corrected chi connectivity index (χ1v) is 6.50. The molecular weight excluding hydrogens is 254 g/mol. The summed E-state index contributed by atoms with van der Waals surface area (Å²) in [7, 11) is 1.84. The number of imide groups is 1. The van der Waals surface area contributed by atoms with E-state index in [1.807, 2.05) is 18.5 Å². The van der Waals surface area contributed by atoms with Crippen molar-refractivity contribution in [2.24, 2.45) is 7.05 Å². The Morgan fingerprint density at radius 2 is 2.22 bits per heavy atom. The van der Waals surface area contributed by atoms with Gasteiger partial charge in [0.15, 0.2) is 5.16 Å². The normalized spacial score (nSPS) is 16.8. The van der Waals surface area contributed by atoms with E-state index in [1.54, 1.807) is 6.92 Å². The first kappa shape index (κ1) is 12.9. The Balaban J connectivity index is 2.03. The number of hydrogen-bond donors (Lipinski definition) is 1. The summed E-state index contributed by atoms with van der Waals surface area (Å²) in [5, 5.41) is 10.8. The molecular formula is C10H15N5O2S. The number of urea groups is 1. The Kier molecular flexibility index (Phi) is 3.55. The lowest BCUT2D eigenvalue weighted by Crippen LogP contribution is -2.39. The quantitative estimate of drug-likeness (QED) is 0.790. The van der Waals surface area contributed by atoms with Gasteiger partial charge in [-0.1, -0.05) is 11.8 Å². The summed E-state index contributed by atoms with van der Waals surface area (Å²) in [5.74, 6) is 0.590. The first-order valence-electron chi connectivity index (χ1n) is 5.62. The van der Waals surface area contributed by atoms with Crippen molar-refractivity contribution in [2.75, 3.05) is 13.1 Å². The van der Waals surface area contributed by atoms with Crippen LogP contribution in [0.15, 0.2) is 5.16 Å². The van der Waals surface area contributed by atoms with Crippen molar-refractivity contribution in [1.82, 2.24) is 25.0 Å². The zero-order valence-corrected chi connectivity index (χ0v) is 11.3. The highest BCUT2D eigenvalue weighted by Gasteiger charge is 2.30. The number of aryl methyl sites for hydroxylation is 1. The fourth-order valence-corrected chi connectivity index (χ4v) is 2.52. The summed E-state index contributed by atoms with van der Waals surface area (Å²) >= 11 is 1.31. The summed E-state index contributed by atoms with van der Waals surface area (Å²) in [6.07, 6.45) is 0. The third kappa shape index (κ3) is 2.33. The molecule has 8 heteroatoms. The van der Waals surface area contributed by atoms with Crippen molar-refractivity contribution >= 4 is 23.7 Å². The largest absolute Gasteiger partial charge is 0.336 e. The predicted octanol–water partition coefficient (Wildman–Crippen LogP) is 0.156. The van der Waals surface area contributed by atoms with Crippen molar-refractivity contribution in [3.05, 3.63) is 5.82 Å². The lowest BCUT2D eigenvalue weighted by atomic mass is 10.4. The number of nitrogens with zero attached hydrogens (tertiary/aromatic N) is 4. The minimum atomic E-state index is -0.365. The van der Waals surface area contributed by atoms with Crippen LogP contribution in [0.25, 0.3) is 0 Å². The highest BCUT2D eigenvalue weighted by Crippen LogP contribution is 2.23. The van der Waals surface area contributed by atoms with Gasteiger partial charge >= 0.3 is 6.03 Å². The molecule has 1 fully saturated rings. The Bertz CT molecular complexity index is 487. The number of nitrogens with one attached hydrogen (secondary N) is 1. The summed E-state index contributed by atoms with van der Waals surface area (Å²) in [6.45, 7) is 4.56. The maximum Gasteiger partial charge on any atom is 0.324 e. The van der Waals surface area contributed by atoms with Gasteiger partial charge in [-0.15, -0.1) is 10.2 Å². The van der Waals surface area contributed by atoms with Gasteiger partial charge in [0.25, 0.3) is 0 Å². The number of carbonyl (C=O) groups is 2. The number of thioether (sulfide) groups is 1. The summed E-state index contributed by atoms with van der Waals surface area (Å²) in [6, 6.07) is -0.318. The van der Waals surface area contributed by atoms with Crippen molar-refractivity contribution in [1.29, 1.82) is 0 Å². The molecule has 18 heavy (non-hydrogen) atoms. The molecule has 0 spiro atoms. The predicted molar refractivity (Wildman–Crippen MR) is 66.2 cm³/mol. The number of rotatable bonds is 3. The van der Waals surface area contributed by atoms with E-state index in [2.05, 4.69) is 15.5 Å². The van der Waals surface area contributed by atoms with Gasteiger partial charge in [-0.2, -0.15) is 0 Å². The van der Waals surface area contributed by atoms with Gasteiger partial charge in [-0.3, -0.25) is 9.69 Å². The maximum absolute atomic E-state index is 12.1. The molecule has 1 aromatic heterocycles. The molecule has 2 heterocycles. The third-order valence-electron chi connectivity index (χ3n) is 2.81. The molecule has 1 saturated heterocycles. The van der Waals surface area contributed by atoms with E-state index in [9.17, 15) is 9.59 Å². The van der Waals surface area contributed by atoms with Crippen molar-refractivity contribution < 1.29 is 9.59 Å². The molecule has 1 aliphatic rings. The Hall–Kier alpha value is -1.57. The van der Waals surface area contributed by atoms with Crippen LogP contribution in [0.2, 0.25) is 0 Å². The van der Waals surface area contributed by atoms with Crippen molar-refractivity contribution in [3.8, 4) is 0 Å². The third-order valence-corrected chi connectivity index (χ3v) is 3.93. The topological polar surface area (TPSA) is 80.1 Å². The minimum absolute atomic E-state index is 0.198. The molecule has 3 amide bonds. The second kappa shape index (κ2) is 4.97. The van der Waals surface area contributed by atoms with Crippen LogP contribution in [-0.2, 0) is 11.8 Å². The number of hydrogen-bond acceptors (Lipinski definition) is 5. The highest BCUT2D eigenvalue weighted by atomic mass is 32.2. The van der Waals surface area contributed by atoms with Crippen molar-refractivity contribution in [2.45, 2.75) is 24.3 Å². The average Bonchev–Trinajstić information content (AvgIpc) is 2.89. The molecule has 0 unspecified atom stereocenters. The second-order valence-electron chi connectivity index (χ2n) is 4.07. The van der Waals surface area contributed by atoms with Crippen LogP contribution in [0.4, 0.5) is 4.79 Å². The molecule has 1 N–H and O–H groups in total. The lowest BCUT2D eigenvalue weighted by molar-refractivity contribution is -0.126. The van der Waals surface area contributed by atoms with E-state index in [0.29, 0.717) is 18.2 Å². The van der Waals surface area contributed by atoms with Crippen LogP contribution in [0.3, 0.4) is 0 Å². The van der Waals surface area contributed by atoms with Crippen LogP contribution in [-0.4, -0.2) is 49.9 Å². The van der Waals surface area contributed by atoms with E-state index in [-0.39, 0.29) is 17.2 Å². The summed E-state index contributed by atoms with van der Waals surface area (Å²) in [4.78, 5) is 24.7. The fourth-order valence-electron chi connectivity index (χ4n) is 1.60. The average molecular weight is 269 g/mol. The fraction of sp³-hybridized carbons (Fsp3) is 0.600. The molecule has 0 aromatic carbocycles. The van der Waals surface area contributed by atoms with Crippen LogP contribution < -0.4 is 5.32 Å². The van der Waals surface area contributed by atoms with Gasteiger partial charge < -0.3 is 9.88 Å². The highest BCUT2D eigenvalue weighted by molar-refractivity contribution is 8.00. The standard InChI is InChI=1S/C10H15N5O2S/c1-6(8(16)15-5-4-11-9(15)17)18-10-13-12-7(2)14(10)3/h6H,4-5H2,1-3H3,(H,11,17)/t6-/m1/s1. The zero-order chi connectivity index (χ0) is 13.3. The van der Waals surface area contributed by atoms with Crippen LogP contribution >= 0.6 is 11.8 Å². The molecule has 0 aliphatic carbocycles. The molecule has 7 nitrogen and oxygen atoms in total. The second-order valence-corrected chi connectivity index (χ2v) is 5.38. The Morgan fingerprint density at radius 1 is 1.50 bits per heavy atom.